The van der Waals surface area contributed by atoms with Gasteiger partial charge in [0.2, 0.25) is 0 Å². The molecule has 0 heterocycles. The minimum atomic E-state index is -0.415. The Kier molecular flexibility index (Phi) is 4.40. The predicted molar refractivity (Wildman–Crippen MR) is 55.7 cm³/mol. The summed E-state index contributed by atoms with van der Waals surface area (Å²) in [5.41, 5.74) is -0.410. The maximum Gasteiger partial charge on any atom is 0.0981 e. The maximum atomic E-state index is 9.49. The van der Waals surface area contributed by atoms with Gasteiger partial charge in [-0.2, -0.15) is 0 Å². The van der Waals surface area contributed by atoms with Gasteiger partial charge < -0.3 is 9.84 Å². The van der Waals surface area contributed by atoms with E-state index in [9.17, 15) is 5.11 Å². The van der Waals surface area contributed by atoms with Gasteiger partial charge in [-0.1, -0.05) is 34.6 Å². The van der Waals surface area contributed by atoms with Gasteiger partial charge in [-0.3, -0.25) is 0 Å². The number of hydrogen-bond acceptors (Lipinski definition) is 2. The Hall–Kier alpha value is -0.0800. The van der Waals surface area contributed by atoms with Gasteiger partial charge in [-0.05, 0) is 17.8 Å². The summed E-state index contributed by atoms with van der Waals surface area (Å²) >= 11 is 0. The molecule has 0 aromatic heterocycles. The van der Waals surface area contributed by atoms with Crippen LogP contribution in [0, 0.1) is 11.3 Å². The van der Waals surface area contributed by atoms with Gasteiger partial charge in [0.05, 0.1) is 12.2 Å². The summed E-state index contributed by atoms with van der Waals surface area (Å²) in [6.07, 6.45) is 1.000. The molecule has 2 nitrogen and oxygen atoms in total. The van der Waals surface area contributed by atoms with Crippen LogP contribution in [0.15, 0.2) is 0 Å². The van der Waals surface area contributed by atoms with Crippen molar-refractivity contribution in [3.8, 4) is 0 Å². The number of aliphatic hydroxyl groups is 1. The lowest BCUT2D eigenvalue weighted by Crippen LogP contribution is -2.53. The molecule has 80 valence electrons. The summed E-state index contributed by atoms with van der Waals surface area (Å²) in [4.78, 5) is 0. The number of aliphatic hydroxyl groups excluding tert-OH is 1. The van der Waals surface area contributed by atoms with Crippen LogP contribution in [0.5, 0.6) is 0 Å². The molecule has 1 N–H and O–H groups in total. The van der Waals surface area contributed by atoms with E-state index in [1.807, 2.05) is 0 Å². The Bertz CT molecular complexity index is 146. The fraction of sp³-hybridized carbons (Fsp3) is 1.00. The van der Waals surface area contributed by atoms with Crippen molar-refractivity contribution in [2.45, 2.75) is 46.6 Å². The van der Waals surface area contributed by atoms with E-state index in [4.69, 9.17) is 4.74 Å². The Morgan fingerprint density at radius 3 is 1.85 bits per heavy atom. The summed E-state index contributed by atoms with van der Waals surface area (Å²) < 4.78 is 5.55. The molecule has 0 unspecified atom stereocenters. The second-order valence-electron chi connectivity index (χ2n) is 4.64. The molecule has 0 bridgehead atoms. The van der Waals surface area contributed by atoms with E-state index in [2.05, 4.69) is 34.6 Å². The van der Waals surface area contributed by atoms with Crippen LogP contribution in [0.4, 0.5) is 0 Å². The molecule has 0 radical (unpaired) electrons. The molecule has 0 rings (SSSR count). The Labute approximate surface area is 82.3 Å². The molecule has 0 aliphatic heterocycles. The fourth-order valence-corrected chi connectivity index (χ4v) is 2.05. The summed E-state index contributed by atoms with van der Waals surface area (Å²) in [5, 5.41) is 9.49. The fourth-order valence-electron chi connectivity index (χ4n) is 2.05. The zero-order valence-electron chi connectivity index (χ0n) is 9.85. The first-order chi connectivity index (χ1) is 5.88. The van der Waals surface area contributed by atoms with Crippen LogP contribution in [0.1, 0.15) is 41.0 Å². The van der Waals surface area contributed by atoms with Crippen molar-refractivity contribution < 1.29 is 9.84 Å². The first-order valence-electron chi connectivity index (χ1n) is 5.04. The first kappa shape index (κ1) is 12.9. The smallest absolute Gasteiger partial charge is 0.0981 e. The molecule has 0 amide bonds. The van der Waals surface area contributed by atoms with Crippen molar-refractivity contribution in [3.05, 3.63) is 0 Å². The highest BCUT2D eigenvalue weighted by molar-refractivity contribution is 4.96. The summed E-state index contributed by atoms with van der Waals surface area (Å²) in [5.74, 6) is 0.317. The highest BCUT2D eigenvalue weighted by atomic mass is 16.5. The highest BCUT2D eigenvalue weighted by Crippen LogP contribution is 2.41. The number of ether oxygens (including phenoxy) is 1. The monoisotopic (exact) mass is 188 g/mol. The number of methoxy groups -OCH3 is 1. The van der Waals surface area contributed by atoms with Crippen LogP contribution in [0.3, 0.4) is 0 Å². The lowest BCUT2D eigenvalue weighted by atomic mass is 9.67. The van der Waals surface area contributed by atoms with Crippen molar-refractivity contribution in [3.63, 3.8) is 0 Å². The second kappa shape index (κ2) is 4.43. The average Bonchev–Trinajstić information content (AvgIpc) is 2.06. The molecule has 0 aromatic carbocycles. The van der Waals surface area contributed by atoms with Gasteiger partial charge in [0, 0.05) is 7.11 Å². The first-order valence-corrected chi connectivity index (χ1v) is 5.04. The predicted octanol–water partition coefficient (Wildman–Crippen LogP) is 2.46. The van der Waals surface area contributed by atoms with E-state index in [1.54, 1.807) is 7.11 Å². The van der Waals surface area contributed by atoms with E-state index < -0.39 is 5.60 Å². The zero-order chi connectivity index (χ0) is 10.7. The van der Waals surface area contributed by atoms with Gasteiger partial charge in [-0.15, -0.1) is 0 Å². The van der Waals surface area contributed by atoms with Crippen LogP contribution >= 0.6 is 0 Å². The molecule has 2 heteroatoms. The Morgan fingerprint density at radius 1 is 1.31 bits per heavy atom. The molecule has 0 spiro atoms. The average molecular weight is 188 g/mol. The molecule has 0 fully saturated rings. The van der Waals surface area contributed by atoms with Gasteiger partial charge in [0.15, 0.2) is 0 Å². The van der Waals surface area contributed by atoms with Crippen LogP contribution < -0.4 is 0 Å². The van der Waals surface area contributed by atoms with Gasteiger partial charge in [0.1, 0.15) is 0 Å². The van der Waals surface area contributed by atoms with Gasteiger partial charge in [0.25, 0.3) is 0 Å². The van der Waals surface area contributed by atoms with Crippen LogP contribution in [0.25, 0.3) is 0 Å². The van der Waals surface area contributed by atoms with E-state index >= 15 is 0 Å². The third kappa shape index (κ3) is 2.05. The number of rotatable bonds is 5. The topological polar surface area (TPSA) is 29.5 Å². The molecular formula is C11H24O2. The molecule has 0 saturated carbocycles. The Morgan fingerprint density at radius 2 is 1.77 bits per heavy atom. The van der Waals surface area contributed by atoms with E-state index in [-0.39, 0.29) is 12.0 Å². The van der Waals surface area contributed by atoms with Gasteiger partial charge in [-0.25, -0.2) is 0 Å². The largest absolute Gasteiger partial charge is 0.393 e. The third-order valence-electron chi connectivity index (χ3n) is 3.56. The SMILES string of the molecule is CCC(C)(C)[C@@](CO)(OC)C(C)C. The number of hydrogen-bond donors (Lipinski definition) is 1. The summed E-state index contributed by atoms with van der Waals surface area (Å²) in [6.45, 7) is 10.7. The molecule has 0 aliphatic carbocycles. The van der Waals surface area contributed by atoms with Crippen molar-refractivity contribution in [2.75, 3.05) is 13.7 Å². The minimum Gasteiger partial charge on any atom is -0.393 e. The van der Waals surface area contributed by atoms with E-state index in [0.717, 1.165) is 6.42 Å². The molecule has 13 heavy (non-hydrogen) atoms. The van der Waals surface area contributed by atoms with Crippen molar-refractivity contribution in [2.24, 2.45) is 11.3 Å². The van der Waals surface area contributed by atoms with Crippen LogP contribution in [0.2, 0.25) is 0 Å². The minimum absolute atomic E-state index is 0.00463. The maximum absolute atomic E-state index is 9.49. The zero-order valence-corrected chi connectivity index (χ0v) is 9.85. The van der Waals surface area contributed by atoms with Crippen LogP contribution in [-0.2, 0) is 4.74 Å². The summed E-state index contributed by atoms with van der Waals surface area (Å²) in [6, 6.07) is 0. The van der Waals surface area contributed by atoms with Crippen molar-refractivity contribution in [1.82, 2.24) is 0 Å². The molecule has 1 atom stereocenters. The lowest BCUT2D eigenvalue weighted by Gasteiger charge is -2.47. The highest BCUT2D eigenvalue weighted by Gasteiger charge is 2.46. The van der Waals surface area contributed by atoms with Crippen LogP contribution in [-0.4, -0.2) is 24.4 Å². The quantitative estimate of drug-likeness (QED) is 0.718. The normalized spacial score (nSPS) is 17.5. The third-order valence-corrected chi connectivity index (χ3v) is 3.56. The molecular weight excluding hydrogens is 164 g/mol. The molecule has 0 aromatic rings. The second-order valence-corrected chi connectivity index (χ2v) is 4.64. The summed E-state index contributed by atoms with van der Waals surface area (Å²) in [7, 11) is 1.69. The van der Waals surface area contributed by atoms with E-state index in [1.165, 1.54) is 0 Å². The van der Waals surface area contributed by atoms with Crippen molar-refractivity contribution in [1.29, 1.82) is 0 Å². The van der Waals surface area contributed by atoms with Crippen molar-refractivity contribution >= 4 is 0 Å². The Balaban J connectivity index is 4.97. The lowest BCUT2D eigenvalue weighted by molar-refractivity contribution is -0.159. The van der Waals surface area contributed by atoms with Gasteiger partial charge >= 0.3 is 0 Å². The molecule has 0 saturated heterocycles. The molecule has 0 aliphatic rings. The van der Waals surface area contributed by atoms with E-state index in [0.29, 0.717) is 5.92 Å². The standard InChI is InChI=1S/C11H24O2/c1-7-10(4,5)11(8-12,13-6)9(2)3/h9,12H,7-8H2,1-6H3/t11-/m0/s1.